The van der Waals surface area contributed by atoms with Gasteiger partial charge in [-0.1, -0.05) is 35.4 Å². The van der Waals surface area contributed by atoms with Gasteiger partial charge in [-0.2, -0.15) is 0 Å². The highest BCUT2D eigenvalue weighted by molar-refractivity contribution is 5.94. The van der Waals surface area contributed by atoms with Crippen molar-refractivity contribution >= 4 is 11.6 Å². The Morgan fingerprint density at radius 2 is 1.54 bits per heavy atom. The highest BCUT2D eigenvalue weighted by Crippen LogP contribution is 2.13. The Kier molecular flexibility index (Phi) is 4.80. The van der Waals surface area contributed by atoms with E-state index in [9.17, 15) is 4.79 Å². The molecule has 1 aliphatic heterocycles. The minimum Gasteiger partial charge on any atom is -0.367 e. The van der Waals surface area contributed by atoms with Gasteiger partial charge < -0.3 is 16.4 Å². The SMILES string of the molecule is Cc1ccc(NC2NNC(N)C2NC(=O)c2ccc(C)cc2)cc1. The lowest BCUT2D eigenvalue weighted by Crippen LogP contribution is -2.53. The third-order valence-electron chi connectivity index (χ3n) is 4.14. The minimum absolute atomic E-state index is 0.142. The Labute approximate surface area is 141 Å². The van der Waals surface area contributed by atoms with Crippen LogP contribution in [0.25, 0.3) is 0 Å². The van der Waals surface area contributed by atoms with Crippen LogP contribution in [0.4, 0.5) is 5.69 Å². The van der Waals surface area contributed by atoms with Crippen LogP contribution in [0.15, 0.2) is 48.5 Å². The molecule has 24 heavy (non-hydrogen) atoms. The molecule has 1 amide bonds. The van der Waals surface area contributed by atoms with Crippen LogP contribution < -0.4 is 27.2 Å². The molecule has 6 N–H and O–H groups in total. The van der Waals surface area contributed by atoms with E-state index < -0.39 is 0 Å². The first-order chi connectivity index (χ1) is 11.5. The van der Waals surface area contributed by atoms with Crippen LogP contribution in [0.3, 0.4) is 0 Å². The fourth-order valence-electron chi connectivity index (χ4n) is 2.64. The van der Waals surface area contributed by atoms with Crippen molar-refractivity contribution in [2.75, 3.05) is 5.32 Å². The monoisotopic (exact) mass is 325 g/mol. The average molecular weight is 325 g/mol. The van der Waals surface area contributed by atoms with Crippen LogP contribution in [-0.4, -0.2) is 24.3 Å². The summed E-state index contributed by atoms with van der Waals surface area (Å²) >= 11 is 0. The Bertz CT molecular complexity index is 698. The second-order valence-electron chi connectivity index (χ2n) is 6.17. The number of hydrogen-bond acceptors (Lipinski definition) is 5. The largest absolute Gasteiger partial charge is 0.367 e. The summed E-state index contributed by atoms with van der Waals surface area (Å²) in [5, 5.41) is 6.34. The zero-order valence-corrected chi connectivity index (χ0v) is 13.8. The molecular weight excluding hydrogens is 302 g/mol. The van der Waals surface area contributed by atoms with Crippen molar-refractivity contribution in [1.82, 2.24) is 16.2 Å². The standard InChI is InChI=1S/C18H23N5O/c1-11-3-7-13(8-4-11)18(24)21-15-16(19)22-23-17(15)20-14-9-5-12(2)6-10-14/h3-10,15-17,20,22-23H,19H2,1-2H3,(H,21,24). The number of hydrazine groups is 1. The number of amides is 1. The van der Waals surface area contributed by atoms with Crippen molar-refractivity contribution in [3.63, 3.8) is 0 Å². The molecule has 3 atom stereocenters. The molecule has 0 aliphatic carbocycles. The lowest BCUT2D eigenvalue weighted by atomic mass is 10.1. The van der Waals surface area contributed by atoms with Crippen molar-refractivity contribution in [2.45, 2.75) is 32.2 Å². The van der Waals surface area contributed by atoms with E-state index in [2.05, 4.69) is 21.5 Å². The van der Waals surface area contributed by atoms with E-state index in [0.717, 1.165) is 11.3 Å². The maximum absolute atomic E-state index is 12.5. The van der Waals surface area contributed by atoms with Gasteiger partial charge in [0.2, 0.25) is 0 Å². The third kappa shape index (κ3) is 3.73. The summed E-state index contributed by atoms with van der Waals surface area (Å²) < 4.78 is 0. The van der Waals surface area contributed by atoms with Crippen LogP contribution in [0.5, 0.6) is 0 Å². The van der Waals surface area contributed by atoms with Gasteiger partial charge >= 0.3 is 0 Å². The van der Waals surface area contributed by atoms with Crippen LogP contribution >= 0.6 is 0 Å². The molecule has 0 saturated carbocycles. The van der Waals surface area contributed by atoms with Gasteiger partial charge in [0.25, 0.3) is 5.91 Å². The number of nitrogens with one attached hydrogen (secondary N) is 4. The lowest BCUT2D eigenvalue weighted by molar-refractivity contribution is 0.0931. The third-order valence-corrected chi connectivity index (χ3v) is 4.14. The molecule has 2 aromatic carbocycles. The van der Waals surface area contributed by atoms with Crippen LogP contribution in [-0.2, 0) is 0 Å². The van der Waals surface area contributed by atoms with Gasteiger partial charge in [-0.15, -0.1) is 0 Å². The number of aryl methyl sites for hydroxylation is 2. The Balaban J connectivity index is 1.68. The first-order valence-electron chi connectivity index (χ1n) is 8.00. The molecule has 0 spiro atoms. The Morgan fingerprint density at radius 3 is 2.17 bits per heavy atom. The quantitative estimate of drug-likeness (QED) is 0.583. The molecule has 6 heteroatoms. The smallest absolute Gasteiger partial charge is 0.251 e. The molecule has 2 aromatic rings. The molecule has 3 rings (SSSR count). The van der Waals surface area contributed by atoms with Crippen molar-refractivity contribution in [2.24, 2.45) is 5.73 Å². The number of carbonyl (C=O) groups is 1. The molecule has 126 valence electrons. The Morgan fingerprint density at radius 1 is 0.958 bits per heavy atom. The minimum atomic E-state index is -0.387. The molecule has 0 bridgehead atoms. The molecule has 0 radical (unpaired) electrons. The van der Waals surface area contributed by atoms with E-state index in [1.165, 1.54) is 5.56 Å². The predicted molar refractivity (Wildman–Crippen MR) is 95.3 cm³/mol. The molecule has 3 unspecified atom stereocenters. The number of hydrogen-bond donors (Lipinski definition) is 5. The summed E-state index contributed by atoms with van der Waals surface area (Å²) in [6.07, 6.45) is -0.598. The van der Waals surface area contributed by atoms with Gasteiger partial charge in [0.05, 0.1) is 12.2 Å². The maximum atomic E-state index is 12.5. The summed E-state index contributed by atoms with van der Waals surface area (Å²) in [7, 11) is 0. The number of nitrogens with two attached hydrogens (primary N) is 1. The molecule has 1 saturated heterocycles. The topological polar surface area (TPSA) is 91.2 Å². The van der Waals surface area contributed by atoms with E-state index in [0.29, 0.717) is 5.56 Å². The van der Waals surface area contributed by atoms with Gasteiger partial charge in [-0.25, -0.2) is 10.9 Å². The highest BCUT2D eigenvalue weighted by atomic mass is 16.1. The molecule has 0 aromatic heterocycles. The van der Waals surface area contributed by atoms with Gasteiger partial charge in [-0.3, -0.25) is 4.79 Å². The second kappa shape index (κ2) is 7.00. The fourth-order valence-corrected chi connectivity index (χ4v) is 2.64. The highest BCUT2D eigenvalue weighted by Gasteiger charge is 2.34. The zero-order chi connectivity index (χ0) is 17.1. The van der Waals surface area contributed by atoms with Crippen molar-refractivity contribution < 1.29 is 4.79 Å². The first kappa shape index (κ1) is 16.4. The van der Waals surface area contributed by atoms with Crippen LogP contribution in [0.2, 0.25) is 0 Å². The van der Waals surface area contributed by atoms with Crippen LogP contribution in [0, 0.1) is 13.8 Å². The van der Waals surface area contributed by atoms with Crippen molar-refractivity contribution in [3.8, 4) is 0 Å². The number of anilines is 1. The molecule has 1 aliphatic rings. The zero-order valence-electron chi connectivity index (χ0n) is 13.8. The van der Waals surface area contributed by atoms with E-state index in [4.69, 9.17) is 5.73 Å². The van der Waals surface area contributed by atoms with E-state index in [1.807, 2.05) is 62.4 Å². The van der Waals surface area contributed by atoms with E-state index in [1.54, 1.807) is 0 Å². The van der Waals surface area contributed by atoms with Gasteiger partial charge in [0.15, 0.2) is 0 Å². The lowest BCUT2D eigenvalue weighted by Gasteiger charge is -2.24. The van der Waals surface area contributed by atoms with Crippen molar-refractivity contribution in [1.29, 1.82) is 0 Å². The van der Waals surface area contributed by atoms with Gasteiger partial charge in [0.1, 0.15) is 6.17 Å². The van der Waals surface area contributed by atoms with E-state index in [-0.39, 0.29) is 24.3 Å². The number of rotatable bonds is 4. The summed E-state index contributed by atoms with van der Waals surface area (Å²) in [5.74, 6) is -0.142. The van der Waals surface area contributed by atoms with Crippen LogP contribution in [0.1, 0.15) is 21.5 Å². The maximum Gasteiger partial charge on any atom is 0.251 e. The summed E-state index contributed by atoms with van der Waals surface area (Å²) in [6.45, 7) is 4.03. The molecular formula is C18H23N5O. The molecule has 6 nitrogen and oxygen atoms in total. The number of benzene rings is 2. The average Bonchev–Trinajstić information content (AvgIpc) is 2.91. The van der Waals surface area contributed by atoms with E-state index >= 15 is 0 Å². The normalized spacial score (nSPS) is 23.0. The second-order valence-corrected chi connectivity index (χ2v) is 6.17. The summed E-state index contributed by atoms with van der Waals surface area (Å²) in [4.78, 5) is 12.5. The first-order valence-corrected chi connectivity index (χ1v) is 8.00. The van der Waals surface area contributed by atoms with Crippen molar-refractivity contribution in [3.05, 3.63) is 65.2 Å². The Hall–Kier alpha value is -2.41. The molecule has 1 heterocycles. The summed E-state index contributed by atoms with van der Waals surface area (Å²) in [5.41, 5.74) is 16.0. The number of carbonyl (C=O) groups excluding carboxylic acids is 1. The summed E-state index contributed by atoms with van der Waals surface area (Å²) in [6, 6.07) is 15.2. The molecule has 1 fully saturated rings. The fraction of sp³-hybridized carbons (Fsp3) is 0.278. The predicted octanol–water partition coefficient (Wildman–Crippen LogP) is 1.23. The van der Waals surface area contributed by atoms with Gasteiger partial charge in [-0.05, 0) is 38.1 Å². The van der Waals surface area contributed by atoms with Gasteiger partial charge in [0, 0.05) is 11.3 Å².